The van der Waals surface area contributed by atoms with Crippen molar-refractivity contribution < 1.29 is 9.53 Å². The summed E-state index contributed by atoms with van der Waals surface area (Å²) in [5.74, 6) is 0. The average molecular weight is 370 g/mol. The number of nitrogens with one attached hydrogen (secondary N) is 1. The van der Waals surface area contributed by atoms with Gasteiger partial charge in [-0.25, -0.2) is 4.79 Å². The molecule has 27 heavy (non-hydrogen) atoms. The zero-order valence-electron chi connectivity index (χ0n) is 16.8. The molecule has 1 amide bonds. The van der Waals surface area contributed by atoms with E-state index >= 15 is 0 Å². The lowest BCUT2D eigenvalue weighted by atomic mass is 10.0. The first-order valence-electron chi connectivity index (χ1n) is 9.45. The summed E-state index contributed by atoms with van der Waals surface area (Å²) in [5.41, 5.74) is 1.87. The first-order chi connectivity index (χ1) is 12.7. The second kappa shape index (κ2) is 9.63. The summed E-state index contributed by atoms with van der Waals surface area (Å²) in [6.45, 7) is 8.43. The van der Waals surface area contributed by atoms with Crippen LogP contribution in [-0.2, 0) is 11.2 Å². The number of carbonyl (C=O) groups is 1. The second-order valence-corrected chi connectivity index (χ2v) is 8.10. The number of likely N-dealkylation sites (tertiary alicyclic amines) is 1. The van der Waals surface area contributed by atoms with E-state index in [0.717, 1.165) is 37.3 Å². The number of benzene rings is 1. The van der Waals surface area contributed by atoms with Crippen molar-refractivity contribution >= 4 is 11.8 Å². The minimum atomic E-state index is -0.563. The van der Waals surface area contributed by atoms with Crippen molar-refractivity contribution in [1.82, 2.24) is 10.2 Å². The van der Waals surface area contributed by atoms with E-state index in [9.17, 15) is 4.79 Å². The standard InChI is InChI=1S/C21H30N4O2/c1-21(2,3)27-20(26)24-18(9-11-23-19-10-12-25(4)15-19)13-16-5-7-17(14-22)8-6-16/h5-8,19,23H,9-13,15H2,1-4H3/b24-18+/t19-/m0/s1. The molecular formula is C21H30N4O2. The van der Waals surface area contributed by atoms with Gasteiger partial charge in [0.25, 0.3) is 0 Å². The molecule has 0 aromatic heterocycles. The lowest BCUT2D eigenvalue weighted by Gasteiger charge is -2.18. The number of hydrogen-bond donors (Lipinski definition) is 1. The third-order valence-corrected chi connectivity index (χ3v) is 4.37. The van der Waals surface area contributed by atoms with Crippen molar-refractivity contribution in [3.8, 4) is 6.07 Å². The van der Waals surface area contributed by atoms with Crippen LogP contribution in [-0.4, -0.2) is 55.0 Å². The van der Waals surface area contributed by atoms with Crippen LogP contribution in [0.25, 0.3) is 0 Å². The number of rotatable bonds is 6. The number of amides is 1. The smallest absolute Gasteiger partial charge is 0.434 e. The summed E-state index contributed by atoms with van der Waals surface area (Å²) in [6, 6.07) is 9.99. The Labute approximate surface area is 162 Å². The third kappa shape index (κ3) is 7.90. The Morgan fingerprint density at radius 3 is 2.63 bits per heavy atom. The van der Waals surface area contributed by atoms with Gasteiger partial charge in [-0.15, -0.1) is 0 Å². The van der Waals surface area contributed by atoms with E-state index in [2.05, 4.69) is 28.3 Å². The van der Waals surface area contributed by atoms with Gasteiger partial charge in [-0.1, -0.05) is 12.1 Å². The van der Waals surface area contributed by atoms with Gasteiger partial charge in [0.2, 0.25) is 0 Å². The molecule has 0 unspecified atom stereocenters. The van der Waals surface area contributed by atoms with E-state index in [1.807, 2.05) is 32.9 Å². The molecule has 6 heteroatoms. The summed E-state index contributed by atoms with van der Waals surface area (Å²) >= 11 is 0. The Morgan fingerprint density at radius 2 is 2.07 bits per heavy atom. The number of nitriles is 1. The number of nitrogens with zero attached hydrogens (tertiary/aromatic N) is 3. The van der Waals surface area contributed by atoms with Crippen molar-refractivity contribution in [3.05, 3.63) is 35.4 Å². The van der Waals surface area contributed by atoms with Gasteiger partial charge in [0.05, 0.1) is 11.6 Å². The van der Waals surface area contributed by atoms with Crippen LogP contribution in [0.4, 0.5) is 4.79 Å². The summed E-state index contributed by atoms with van der Waals surface area (Å²) < 4.78 is 5.34. The van der Waals surface area contributed by atoms with Crippen molar-refractivity contribution in [3.63, 3.8) is 0 Å². The highest BCUT2D eigenvalue weighted by atomic mass is 16.6. The number of aliphatic imine (C=N–C) groups is 1. The lowest BCUT2D eigenvalue weighted by Crippen LogP contribution is -2.33. The molecule has 1 N–H and O–H groups in total. The fourth-order valence-corrected chi connectivity index (χ4v) is 3.05. The average Bonchev–Trinajstić information content (AvgIpc) is 2.99. The topological polar surface area (TPSA) is 77.7 Å². The monoisotopic (exact) mass is 370 g/mol. The summed E-state index contributed by atoms with van der Waals surface area (Å²) in [7, 11) is 2.13. The van der Waals surface area contributed by atoms with Gasteiger partial charge < -0.3 is 15.0 Å². The Morgan fingerprint density at radius 1 is 1.37 bits per heavy atom. The van der Waals surface area contributed by atoms with Gasteiger partial charge in [-0.05, 0) is 64.9 Å². The minimum absolute atomic E-state index is 0.493. The molecule has 1 aliphatic heterocycles. The first kappa shape index (κ1) is 21.1. The van der Waals surface area contributed by atoms with Gasteiger partial charge in [-0.3, -0.25) is 0 Å². The van der Waals surface area contributed by atoms with Crippen LogP contribution in [0.15, 0.2) is 29.3 Å². The SMILES string of the molecule is CN1CC[C@H](NCC/C(Cc2ccc(C#N)cc2)=N\C(=O)OC(C)(C)C)C1. The molecule has 0 bridgehead atoms. The van der Waals surface area contributed by atoms with E-state index in [1.54, 1.807) is 12.1 Å². The van der Waals surface area contributed by atoms with E-state index in [0.29, 0.717) is 24.4 Å². The molecule has 1 aromatic rings. The Bertz CT molecular complexity index is 698. The zero-order valence-corrected chi connectivity index (χ0v) is 16.8. The highest BCUT2D eigenvalue weighted by Crippen LogP contribution is 2.11. The van der Waals surface area contributed by atoms with Gasteiger partial charge in [0.1, 0.15) is 5.60 Å². The van der Waals surface area contributed by atoms with Crippen LogP contribution >= 0.6 is 0 Å². The molecule has 0 spiro atoms. The fraction of sp³-hybridized carbons (Fsp3) is 0.571. The van der Waals surface area contributed by atoms with Crippen molar-refractivity contribution in [2.45, 2.75) is 51.7 Å². The van der Waals surface area contributed by atoms with E-state index in [1.165, 1.54) is 0 Å². The van der Waals surface area contributed by atoms with E-state index in [-0.39, 0.29) is 0 Å². The molecule has 1 saturated heterocycles. The number of carbonyl (C=O) groups excluding carboxylic acids is 1. The number of likely N-dealkylation sites (N-methyl/N-ethyl adjacent to an activating group) is 1. The van der Waals surface area contributed by atoms with Gasteiger partial charge in [-0.2, -0.15) is 10.3 Å². The Kier molecular flexibility index (Phi) is 7.52. The number of ether oxygens (including phenoxy) is 1. The molecule has 1 fully saturated rings. The molecule has 1 aliphatic rings. The highest BCUT2D eigenvalue weighted by molar-refractivity contribution is 5.94. The van der Waals surface area contributed by atoms with E-state index < -0.39 is 11.7 Å². The van der Waals surface area contributed by atoms with Crippen LogP contribution in [0.5, 0.6) is 0 Å². The van der Waals surface area contributed by atoms with Gasteiger partial charge in [0, 0.05) is 31.3 Å². The van der Waals surface area contributed by atoms with Crippen LogP contribution in [0, 0.1) is 11.3 Å². The molecule has 1 aromatic carbocycles. The summed E-state index contributed by atoms with van der Waals surface area (Å²) in [6.07, 6.45) is 1.84. The summed E-state index contributed by atoms with van der Waals surface area (Å²) in [5, 5.41) is 12.5. The van der Waals surface area contributed by atoms with E-state index in [4.69, 9.17) is 10.00 Å². The quantitative estimate of drug-likeness (QED) is 0.778. The summed E-state index contributed by atoms with van der Waals surface area (Å²) in [4.78, 5) is 18.7. The number of hydrogen-bond acceptors (Lipinski definition) is 5. The zero-order chi connectivity index (χ0) is 19.9. The van der Waals surface area contributed by atoms with Crippen LogP contribution in [0.2, 0.25) is 0 Å². The van der Waals surface area contributed by atoms with Gasteiger partial charge in [0.15, 0.2) is 0 Å². The second-order valence-electron chi connectivity index (χ2n) is 8.10. The third-order valence-electron chi connectivity index (χ3n) is 4.37. The van der Waals surface area contributed by atoms with Gasteiger partial charge >= 0.3 is 6.09 Å². The highest BCUT2D eigenvalue weighted by Gasteiger charge is 2.19. The molecule has 1 heterocycles. The minimum Gasteiger partial charge on any atom is -0.442 e. The maximum atomic E-state index is 12.1. The molecule has 1 atom stereocenters. The van der Waals surface area contributed by atoms with Crippen LogP contribution < -0.4 is 5.32 Å². The largest absolute Gasteiger partial charge is 0.442 e. The Balaban J connectivity index is 2.00. The first-order valence-corrected chi connectivity index (χ1v) is 9.45. The maximum absolute atomic E-state index is 12.1. The maximum Gasteiger partial charge on any atom is 0.434 e. The molecule has 0 saturated carbocycles. The van der Waals surface area contributed by atoms with Crippen LogP contribution in [0.3, 0.4) is 0 Å². The molecule has 6 nitrogen and oxygen atoms in total. The molecule has 146 valence electrons. The predicted octanol–water partition coefficient (Wildman–Crippen LogP) is 3.16. The fourth-order valence-electron chi connectivity index (χ4n) is 3.05. The predicted molar refractivity (Wildman–Crippen MR) is 107 cm³/mol. The van der Waals surface area contributed by atoms with Crippen LogP contribution in [0.1, 0.15) is 44.7 Å². The molecule has 0 radical (unpaired) electrons. The Hall–Kier alpha value is -2.23. The van der Waals surface area contributed by atoms with Crippen molar-refractivity contribution in [1.29, 1.82) is 5.26 Å². The normalized spacial score (nSPS) is 18.3. The lowest BCUT2D eigenvalue weighted by molar-refractivity contribution is 0.0603. The molecule has 2 rings (SSSR count). The van der Waals surface area contributed by atoms with Crippen molar-refractivity contribution in [2.75, 3.05) is 26.7 Å². The molecule has 0 aliphatic carbocycles. The van der Waals surface area contributed by atoms with Crippen molar-refractivity contribution in [2.24, 2.45) is 4.99 Å². The molecular weight excluding hydrogens is 340 g/mol.